The van der Waals surface area contributed by atoms with Crippen molar-refractivity contribution in [1.82, 2.24) is 4.57 Å². The number of fused-ring (bicyclic) bond motifs is 3. The fourth-order valence-corrected chi connectivity index (χ4v) is 3.77. The molecule has 0 bridgehead atoms. The Kier molecular flexibility index (Phi) is 4.44. The Morgan fingerprint density at radius 3 is 2.37 bits per heavy atom. The quantitative estimate of drug-likeness (QED) is 0.324. The van der Waals surface area contributed by atoms with E-state index < -0.39 is 0 Å². The van der Waals surface area contributed by atoms with Gasteiger partial charge in [0.25, 0.3) is 0 Å². The molecule has 0 aliphatic carbocycles. The molecule has 136 valence electrons. The van der Waals surface area contributed by atoms with Crippen molar-refractivity contribution in [2.45, 2.75) is 33.2 Å². The Morgan fingerprint density at radius 1 is 0.963 bits per heavy atom. The minimum Gasteiger partial charge on any atom is -0.423 e. The van der Waals surface area contributed by atoms with Gasteiger partial charge in [-0.25, -0.2) is 4.79 Å². The summed E-state index contributed by atoms with van der Waals surface area (Å²) in [6.07, 6.45) is 0. The fraction of sp³-hybridized carbons (Fsp3) is 0.208. The van der Waals surface area contributed by atoms with E-state index >= 15 is 0 Å². The van der Waals surface area contributed by atoms with Gasteiger partial charge in [-0.05, 0) is 42.7 Å². The molecule has 1 aromatic heterocycles. The van der Waals surface area contributed by atoms with Gasteiger partial charge in [-0.3, -0.25) is 0 Å². The number of ether oxygens (including phenoxy) is 1. The molecule has 0 saturated heterocycles. The first-order chi connectivity index (χ1) is 13.1. The highest BCUT2D eigenvalue weighted by molar-refractivity contribution is 6.10. The van der Waals surface area contributed by atoms with Gasteiger partial charge in [0.1, 0.15) is 5.75 Å². The van der Waals surface area contributed by atoms with Gasteiger partial charge in [0.2, 0.25) is 0 Å². The van der Waals surface area contributed by atoms with Crippen LogP contribution in [-0.2, 0) is 6.54 Å². The smallest absolute Gasteiger partial charge is 0.343 e. The van der Waals surface area contributed by atoms with Crippen molar-refractivity contribution in [2.75, 3.05) is 0 Å². The molecule has 0 amide bonds. The zero-order chi connectivity index (χ0) is 19.0. The van der Waals surface area contributed by atoms with E-state index in [1.54, 1.807) is 12.1 Å². The average Bonchev–Trinajstić information content (AvgIpc) is 3.01. The summed E-state index contributed by atoms with van der Waals surface area (Å²) in [4.78, 5) is 12.5. The third-order valence-corrected chi connectivity index (χ3v) is 5.03. The lowest BCUT2D eigenvalue weighted by atomic mass is 9.97. The second kappa shape index (κ2) is 6.92. The van der Waals surface area contributed by atoms with Crippen LogP contribution in [0.15, 0.2) is 66.7 Å². The molecule has 0 unspecified atom stereocenters. The zero-order valence-corrected chi connectivity index (χ0v) is 15.9. The SMILES string of the molecule is CCn1c2ccccc2c2c(C(C)C)cc(OC(=O)c3ccccc3)cc21. The van der Waals surface area contributed by atoms with Crippen LogP contribution in [0.2, 0.25) is 0 Å². The first-order valence-corrected chi connectivity index (χ1v) is 9.42. The molecule has 0 spiro atoms. The number of carbonyl (C=O) groups excluding carboxylic acids is 1. The van der Waals surface area contributed by atoms with Gasteiger partial charge >= 0.3 is 5.97 Å². The molecular formula is C24H23NO2. The summed E-state index contributed by atoms with van der Waals surface area (Å²) < 4.78 is 8.03. The lowest BCUT2D eigenvalue weighted by molar-refractivity contribution is 0.0735. The zero-order valence-electron chi connectivity index (χ0n) is 15.9. The maximum Gasteiger partial charge on any atom is 0.343 e. The van der Waals surface area contributed by atoms with Gasteiger partial charge in [-0.2, -0.15) is 0 Å². The molecule has 4 rings (SSSR count). The van der Waals surface area contributed by atoms with Crippen molar-refractivity contribution in [1.29, 1.82) is 0 Å². The number of hydrogen-bond donors (Lipinski definition) is 0. The van der Waals surface area contributed by atoms with Crippen LogP contribution in [0.3, 0.4) is 0 Å². The van der Waals surface area contributed by atoms with E-state index in [0.29, 0.717) is 17.2 Å². The molecule has 3 aromatic carbocycles. The largest absolute Gasteiger partial charge is 0.423 e. The highest BCUT2D eigenvalue weighted by Crippen LogP contribution is 2.37. The monoisotopic (exact) mass is 357 g/mol. The maximum absolute atomic E-state index is 12.5. The Bertz CT molecular complexity index is 1120. The summed E-state index contributed by atoms with van der Waals surface area (Å²) in [5.74, 6) is 0.584. The van der Waals surface area contributed by atoms with Crippen molar-refractivity contribution in [3.8, 4) is 5.75 Å². The number of rotatable bonds is 4. The Balaban J connectivity index is 1.91. The molecule has 1 heterocycles. The first kappa shape index (κ1) is 17.3. The maximum atomic E-state index is 12.5. The van der Waals surface area contributed by atoms with Crippen LogP contribution in [-0.4, -0.2) is 10.5 Å². The van der Waals surface area contributed by atoms with Crippen molar-refractivity contribution in [3.05, 3.63) is 77.9 Å². The second-order valence-corrected chi connectivity index (χ2v) is 7.08. The third kappa shape index (κ3) is 2.99. The van der Waals surface area contributed by atoms with Crippen LogP contribution in [0.4, 0.5) is 0 Å². The molecule has 0 atom stereocenters. The summed E-state index contributed by atoms with van der Waals surface area (Å²) in [5, 5.41) is 2.50. The van der Waals surface area contributed by atoms with Crippen LogP contribution in [0.5, 0.6) is 5.75 Å². The molecule has 27 heavy (non-hydrogen) atoms. The molecule has 0 aliphatic rings. The van der Waals surface area contributed by atoms with Crippen LogP contribution in [0, 0.1) is 0 Å². The summed E-state index contributed by atoms with van der Waals surface area (Å²) in [7, 11) is 0. The predicted molar refractivity (Wildman–Crippen MR) is 111 cm³/mol. The fourth-order valence-electron chi connectivity index (χ4n) is 3.77. The van der Waals surface area contributed by atoms with Crippen molar-refractivity contribution in [3.63, 3.8) is 0 Å². The van der Waals surface area contributed by atoms with E-state index in [0.717, 1.165) is 12.1 Å². The van der Waals surface area contributed by atoms with Gasteiger partial charge in [0.15, 0.2) is 0 Å². The lowest BCUT2D eigenvalue weighted by Gasteiger charge is -2.13. The molecule has 0 saturated carbocycles. The molecule has 4 aromatic rings. The minimum absolute atomic E-state index is 0.319. The number of aromatic nitrogens is 1. The Hall–Kier alpha value is -3.07. The summed E-state index contributed by atoms with van der Waals surface area (Å²) in [6.45, 7) is 7.35. The van der Waals surface area contributed by atoms with Crippen LogP contribution < -0.4 is 4.74 Å². The van der Waals surface area contributed by atoms with Gasteiger partial charge in [-0.1, -0.05) is 50.2 Å². The molecule has 0 radical (unpaired) electrons. The van der Waals surface area contributed by atoms with Crippen molar-refractivity contribution in [2.24, 2.45) is 0 Å². The van der Waals surface area contributed by atoms with Crippen molar-refractivity contribution >= 4 is 27.8 Å². The molecule has 0 fully saturated rings. The van der Waals surface area contributed by atoms with E-state index in [4.69, 9.17) is 4.74 Å². The van der Waals surface area contributed by atoms with Gasteiger partial charge in [-0.15, -0.1) is 0 Å². The van der Waals surface area contributed by atoms with Gasteiger partial charge in [0, 0.05) is 28.9 Å². The van der Waals surface area contributed by atoms with Crippen LogP contribution >= 0.6 is 0 Å². The standard InChI is InChI=1S/C24H23NO2/c1-4-25-21-13-9-8-12-19(21)23-20(16(2)3)14-18(15-22(23)25)27-24(26)17-10-6-5-7-11-17/h5-16H,4H2,1-3H3. The van der Waals surface area contributed by atoms with E-state index in [1.807, 2.05) is 30.3 Å². The molecule has 3 nitrogen and oxygen atoms in total. The van der Waals surface area contributed by atoms with Crippen molar-refractivity contribution < 1.29 is 9.53 Å². The molecular weight excluding hydrogens is 334 g/mol. The van der Waals surface area contributed by atoms with E-state index in [9.17, 15) is 4.79 Å². The van der Waals surface area contributed by atoms with Crippen LogP contribution in [0.25, 0.3) is 21.8 Å². The number of para-hydroxylation sites is 1. The Labute approximate surface area is 159 Å². The average molecular weight is 357 g/mol. The highest BCUT2D eigenvalue weighted by Gasteiger charge is 2.18. The van der Waals surface area contributed by atoms with Crippen LogP contribution in [0.1, 0.15) is 42.6 Å². The molecule has 3 heteroatoms. The van der Waals surface area contributed by atoms with Gasteiger partial charge in [0.05, 0.1) is 11.1 Å². The number of benzene rings is 3. The topological polar surface area (TPSA) is 31.2 Å². The van der Waals surface area contributed by atoms with E-state index in [1.165, 1.54) is 21.9 Å². The summed E-state index contributed by atoms with van der Waals surface area (Å²) >= 11 is 0. The third-order valence-electron chi connectivity index (χ3n) is 5.03. The summed E-state index contributed by atoms with van der Waals surface area (Å²) in [5.41, 5.74) is 4.08. The minimum atomic E-state index is -0.330. The summed E-state index contributed by atoms with van der Waals surface area (Å²) in [6, 6.07) is 21.6. The predicted octanol–water partition coefficient (Wildman–Crippen LogP) is 6.16. The molecule has 0 aliphatic heterocycles. The number of esters is 1. The normalized spacial score (nSPS) is 11.4. The van der Waals surface area contributed by atoms with Gasteiger partial charge < -0.3 is 9.30 Å². The highest BCUT2D eigenvalue weighted by atomic mass is 16.5. The number of nitrogens with zero attached hydrogens (tertiary/aromatic N) is 1. The number of carbonyl (C=O) groups is 1. The lowest BCUT2D eigenvalue weighted by Crippen LogP contribution is -2.08. The second-order valence-electron chi connectivity index (χ2n) is 7.08. The first-order valence-electron chi connectivity index (χ1n) is 9.42. The van der Waals surface area contributed by atoms with E-state index in [-0.39, 0.29) is 5.97 Å². The molecule has 0 N–H and O–H groups in total. The Morgan fingerprint density at radius 2 is 1.67 bits per heavy atom. The number of hydrogen-bond acceptors (Lipinski definition) is 2. The number of aryl methyl sites for hydroxylation is 1. The van der Waals surface area contributed by atoms with E-state index in [2.05, 4.69) is 49.6 Å².